The largest absolute Gasteiger partial charge is 0.463 e. The van der Waals surface area contributed by atoms with E-state index in [1.54, 1.807) is 0 Å². The Bertz CT molecular complexity index is 370. The molecule has 0 aliphatic carbocycles. The molecule has 0 radical (unpaired) electrons. The first-order valence-corrected chi connectivity index (χ1v) is 8.54. The van der Waals surface area contributed by atoms with Gasteiger partial charge in [0.05, 0.1) is 26.4 Å². The number of carbonyl (C=O) groups is 2. The number of nitrogens with zero attached hydrogens (tertiary/aromatic N) is 1. The van der Waals surface area contributed by atoms with Crippen LogP contribution in [0.2, 0.25) is 0 Å². The van der Waals surface area contributed by atoms with E-state index < -0.39 is 11.9 Å². The first-order chi connectivity index (χ1) is 11.2. The minimum absolute atomic E-state index is 0. The van der Waals surface area contributed by atoms with Crippen LogP contribution in [0.25, 0.3) is 0 Å². The number of morpholine rings is 1. The number of unbranched alkanes of at least 4 members (excludes halogenated alkanes) is 3. The summed E-state index contributed by atoms with van der Waals surface area (Å²) in [6.07, 6.45) is 7.01. The summed E-state index contributed by atoms with van der Waals surface area (Å²) < 4.78 is 15.3. The lowest BCUT2D eigenvalue weighted by Crippen LogP contribution is -2.36. The number of ether oxygens (including phenoxy) is 3. The number of hydrogen-bond acceptors (Lipinski definition) is 6. The Morgan fingerprint density at radius 3 is 2.04 bits per heavy atom. The first-order valence-electron chi connectivity index (χ1n) is 8.54. The average molecular weight is 364 g/mol. The third-order valence-corrected chi connectivity index (χ3v) is 3.56. The Morgan fingerprint density at radius 1 is 0.958 bits per heavy atom. The molecule has 0 bridgehead atoms. The third-order valence-electron chi connectivity index (χ3n) is 3.56. The van der Waals surface area contributed by atoms with Crippen LogP contribution in [-0.2, 0) is 23.8 Å². The molecule has 1 aliphatic rings. The number of hydrogen-bond donors (Lipinski definition) is 0. The van der Waals surface area contributed by atoms with Gasteiger partial charge in [-0.15, -0.1) is 12.4 Å². The van der Waals surface area contributed by atoms with Crippen molar-refractivity contribution in [3.8, 4) is 0 Å². The zero-order chi connectivity index (χ0) is 16.8. The van der Waals surface area contributed by atoms with Crippen LogP contribution in [-0.4, -0.2) is 62.9 Å². The van der Waals surface area contributed by atoms with E-state index in [-0.39, 0.29) is 12.4 Å². The fraction of sp³-hybridized carbons (Fsp3) is 0.765. The minimum Gasteiger partial charge on any atom is -0.463 e. The standard InChI is InChI=1S/C17H29NO5.ClH/c1-2-3-5-12-22-16(19)7-8-17(20)23-13-6-4-9-18-10-14-21-15-11-18;/h7-8H,2-6,9-15H2,1H3;1H/b8-7+;. The van der Waals surface area contributed by atoms with Crippen molar-refractivity contribution in [2.24, 2.45) is 0 Å². The van der Waals surface area contributed by atoms with E-state index in [0.29, 0.717) is 13.2 Å². The Hall–Kier alpha value is -1.11. The van der Waals surface area contributed by atoms with Crippen molar-refractivity contribution in [1.29, 1.82) is 0 Å². The molecule has 0 N–H and O–H groups in total. The van der Waals surface area contributed by atoms with Crippen molar-refractivity contribution in [3.05, 3.63) is 12.2 Å². The van der Waals surface area contributed by atoms with Crippen LogP contribution in [0.1, 0.15) is 39.0 Å². The van der Waals surface area contributed by atoms with Gasteiger partial charge in [0.1, 0.15) is 0 Å². The van der Waals surface area contributed by atoms with Crippen LogP contribution < -0.4 is 0 Å². The van der Waals surface area contributed by atoms with Crippen molar-refractivity contribution < 1.29 is 23.8 Å². The average Bonchev–Trinajstić information content (AvgIpc) is 2.57. The number of esters is 2. The molecule has 0 saturated carbocycles. The van der Waals surface area contributed by atoms with Crippen LogP contribution in [0.15, 0.2) is 12.2 Å². The Balaban J connectivity index is 0.00000529. The Morgan fingerprint density at radius 2 is 1.50 bits per heavy atom. The summed E-state index contributed by atoms with van der Waals surface area (Å²) >= 11 is 0. The smallest absolute Gasteiger partial charge is 0.331 e. The highest BCUT2D eigenvalue weighted by atomic mass is 35.5. The summed E-state index contributed by atoms with van der Waals surface area (Å²) in [6.45, 7) is 7.40. The van der Waals surface area contributed by atoms with Gasteiger partial charge < -0.3 is 14.2 Å². The molecule has 140 valence electrons. The summed E-state index contributed by atoms with van der Waals surface area (Å²) in [5, 5.41) is 0. The third kappa shape index (κ3) is 12.3. The Kier molecular flexibility index (Phi) is 14.7. The molecule has 0 aromatic carbocycles. The Labute approximate surface area is 150 Å². The summed E-state index contributed by atoms with van der Waals surface area (Å²) in [4.78, 5) is 25.1. The zero-order valence-electron chi connectivity index (χ0n) is 14.5. The van der Waals surface area contributed by atoms with E-state index in [2.05, 4.69) is 11.8 Å². The van der Waals surface area contributed by atoms with Gasteiger partial charge in [-0.25, -0.2) is 9.59 Å². The molecule has 0 unspecified atom stereocenters. The molecule has 0 atom stereocenters. The normalized spacial score (nSPS) is 15.0. The molecule has 0 aromatic heterocycles. The molecular weight excluding hydrogens is 334 g/mol. The van der Waals surface area contributed by atoms with Crippen LogP contribution in [0.5, 0.6) is 0 Å². The molecule has 6 nitrogen and oxygen atoms in total. The van der Waals surface area contributed by atoms with Crippen LogP contribution in [0, 0.1) is 0 Å². The lowest BCUT2D eigenvalue weighted by Gasteiger charge is -2.26. The molecule has 1 rings (SSSR count). The van der Waals surface area contributed by atoms with Crippen LogP contribution in [0.4, 0.5) is 0 Å². The van der Waals surface area contributed by atoms with Gasteiger partial charge in [0.15, 0.2) is 0 Å². The maximum absolute atomic E-state index is 11.4. The highest BCUT2D eigenvalue weighted by Gasteiger charge is 2.09. The molecule has 1 heterocycles. The van der Waals surface area contributed by atoms with E-state index >= 15 is 0 Å². The van der Waals surface area contributed by atoms with Gasteiger partial charge in [-0.3, -0.25) is 4.90 Å². The van der Waals surface area contributed by atoms with Gasteiger partial charge in [-0.1, -0.05) is 19.8 Å². The lowest BCUT2D eigenvalue weighted by atomic mass is 10.3. The summed E-state index contributed by atoms with van der Waals surface area (Å²) in [5.74, 6) is -0.993. The maximum atomic E-state index is 11.4. The second-order valence-electron chi connectivity index (χ2n) is 5.54. The predicted molar refractivity (Wildman–Crippen MR) is 94.3 cm³/mol. The van der Waals surface area contributed by atoms with E-state index in [9.17, 15) is 9.59 Å². The number of rotatable bonds is 11. The highest BCUT2D eigenvalue weighted by molar-refractivity contribution is 5.91. The van der Waals surface area contributed by atoms with Gasteiger partial charge in [0.2, 0.25) is 0 Å². The van der Waals surface area contributed by atoms with E-state index in [4.69, 9.17) is 14.2 Å². The molecule has 1 saturated heterocycles. The highest BCUT2D eigenvalue weighted by Crippen LogP contribution is 2.00. The van der Waals surface area contributed by atoms with Crippen molar-refractivity contribution in [1.82, 2.24) is 4.90 Å². The molecular formula is C17H30ClNO5. The summed E-state index contributed by atoms with van der Waals surface area (Å²) in [5.41, 5.74) is 0. The number of carbonyl (C=O) groups excluding carboxylic acids is 2. The molecule has 1 aliphatic heterocycles. The first kappa shape index (κ1) is 22.9. The van der Waals surface area contributed by atoms with Gasteiger partial charge in [0, 0.05) is 25.2 Å². The second kappa shape index (κ2) is 15.4. The lowest BCUT2D eigenvalue weighted by molar-refractivity contribution is -0.140. The van der Waals surface area contributed by atoms with Gasteiger partial charge in [-0.2, -0.15) is 0 Å². The molecule has 1 fully saturated rings. The van der Waals surface area contributed by atoms with Crippen LogP contribution >= 0.6 is 12.4 Å². The quantitative estimate of drug-likeness (QED) is 0.319. The van der Waals surface area contributed by atoms with E-state index in [1.165, 1.54) is 0 Å². The van der Waals surface area contributed by atoms with Crippen molar-refractivity contribution in [2.75, 3.05) is 46.1 Å². The topological polar surface area (TPSA) is 65.1 Å². The molecule has 0 spiro atoms. The van der Waals surface area contributed by atoms with E-state index in [0.717, 1.165) is 77.1 Å². The second-order valence-corrected chi connectivity index (χ2v) is 5.54. The summed E-state index contributed by atoms with van der Waals surface area (Å²) in [7, 11) is 0. The van der Waals surface area contributed by atoms with Crippen molar-refractivity contribution in [3.63, 3.8) is 0 Å². The molecule has 0 aromatic rings. The van der Waals surface area contributed by atoms with E-state index in [1.807, 2.05) is 0 Å². The SMILES string of the molecule is CCCCCOC(=O)/C=C/C(=O)OCCCCN1CCOCC1.Cl. The fourth-order valence-electron chi connectivity index (χ4n) is 2.19. The van der Waals surface area contributed by atoms with Crippen molar-refractivity contribution in [2.45, 2.75) is 39.0 Å². The summed E-state index contributed by atoms with van der Waals surface area (Å²) in [6, 6.07) is 0. The van der Waals surface area contributed by atoms with Gasteiger partial charge >= 0.3 is 11.9 Å². The van der Waals surface area contributed by atoms with Crippen molar-refractivity contribution >= 4 is 24.3 Å². The molecule has 24 heavy (non-hydrogen) atoms. The monoisotopic (exact) mass is 363 g/mol. The zero-order valence-corrected chi connectivity index (χ0v) is 15.4. The van der Waals surface area contributed by atoms with Gasteiger partial charge in [-0.05, 0) is 25.8 Å². The minimum atomic E-state index is -0.498. The fourth-order valence-corrected chi connectivity index (χ4v) is 2.19. The van der Waals surface area contributed by atoms with Crippen LogP contribution in [0.3, 0.4) is 0 Å². The maximum Gasteiger partial charge on any atom is 0.331 e. The predicted octanol–water partition coefficient (Wildman–Crippen LogP) is 2.35. The number of halogens is 1. The molecule has 7 heteroatoms. The molecule has 0 amide bonds. The van der Waals surface area contributed by atoms with Gasteiger partial charge in [0.25, 0.3) is 0 Å².